The van der Waals surface area contributed by atoms with Crippen molar-refractivity contribution < 1.29 is 14.0 Å². The first kappa shape index (κ1) is 21.6. The molecule has 0 saturated heterocycles. The van der Waals surface area contributed by atoms with Crippen LogP contribution in [-0.2, 0) is 6.42 Å². The largest absolute Gasteiger partial charge is 0.463 e. The Morgan fingerprint density at radius 3 is 2.50 bits per heavy atom. The molecule has 7 heteroatoms. The fourth-order valence-corrected chi connectivity index (χ4v) is 4.54. The highest BCUT2D eigenvalue weighted by Crippen LogP contribution is 2.25. The molecule has 0 spiro atoms. The maximum Gasteiger partial charge on any atom is 0.261 e. The smallest absolute Gasteiger partial charge is 0.261 e. The van der Waals surface area contributed by atoms with Gasteiger partial charge >= 0.3 is 0 Å². The van der Waals surface area contributed by atoms with Crippen LogP contribution in [0, 0.1) is 0 Å². The monoisotopic (exact) mass is 467 g/mol. The van der Waals surface area contributed by atoms with E-state index < -0.39 is 0 Å². The van der Waals surface area contributed by atoms with E-state index in [0.717, 1.165) is 21.5 Å². The lowest BCUT2D eigenvalue weighted by atomic mass is 10.1. The van der Waals surface area contributed by atoms with Gasteiger partial charge in [-0.15, -0.1) is 11.3 Å². The van der Waals surface area contributed by atoms with Gasteiger partial charge in [-0.25, -0.2) is 4.98 Å². The summed E-state index contributed by atoms with van der Waals surface area (Å²) in [5.74, 6) is -0.316. The van der Waals surface area contributed by atoms with Gasteiger partial charge in [0, 0.05) is 41.2 Å². The lowest BCUT2D eigenvalue weighted by Gasteiger charge is -2.17. The highest BCUT2D eigenvalue weighted by molar-refractivity contribution is 7.15. The van der Waals surface area contributed by atoms with E-state index in [0.29, 0.717) is 28.3 Å². The Hall–Kier alpha value is -4.23. The Labute approximate surface area is 200 Å². The number of hydrogen-bond donors (Lipinski definition) is 1. The summed E-state index contributed by atoms with van der Waals surface area (Å²) in [6.45, 7) is 0. The van der Waals surface area contributed by atoms with E-state index >= 15 is 0 Å². The second-order valence-corrected chi connectivity index (χ2v) is 8.92. The van der Waals surface area contributed by atoms with Gasteiger partial charge in [0.2, 0.25) is 0 Å². The molecule has 0 saturated carbocycles. The lowest BCUT2D eigenvalue weighted by Crippen LogP contribution is -2.26. The molecule has 0 aliphatic carbocycles. The number of para-hydroxylation sites is 2. The second kappa shape index (κ2) is 9.33. The molecule has 168 valence electrons. The van der Waals surface area contributed by atoms with Gasteiger partial charge in [-0.05, 0) is 35.9 Å². The molecule has 5 aromatic rings. The van der Waals surface area contributed by atoms with Crippen molar-refractivity contribution in [3.05, 3.63) is 113 Å². The minimum atomic E-state index is -0.253. The molecule has 0 fully saturated rings. The van der Waals surface area contributed by atoms with Gasteiger partial charge in [0.15, 0.2) is 5.13 Å². The van der Waals surface area contributed by atoms with E-state index in [1.165, 1.54) is 17.6 Å². The minimum absolute atomic E-state index is 0.0627. The van der Waals surface area contributed by atoms with Gasteiger partial charge in [-0.3, -0.25) is 14.9 Å². The topological polar surface area (TPSA) is 75.4 Å². The first-order valence-electron chi connectivity index (χ1n) is 10.7. The van der Waals surface area contributed by atoms with Crippen molar-refractivity contribution in [2.75, 3.05) is 17.3 Å². The quantitative estimate of drug-likeness (QED) is 0.332. The predicted molar refractivity (Wildman–Crippen MR) is 135 cm³/mol. The summed E-state index contributed by atoms with van der Waals surface area (Å²) < 4.78 is 5.45. The number of hydrogen-bond acceptors (Lipinski definition) is 5. The third-order valence-corrected chi connectivity index (χ3v) is 6.44. The Kier molecular flexibility index (Phi) is 5.93. The van der Waals surface area contributed by atoms with Crippen LogP contribution in [0.25, 0.3) is 11.0 Å². The molecule has 5 rings (SSSR count). The third-order valence-electron chi connectivity index (χ3n) is 5.53. The fourth-order valence-electron chi connectivity index (χ4n) is 3.69. The fraction of sp³-hybridized carbons (Fsp3) is 0.0741. The summed E-state index contributed by atoms with van der Waals surface area (Å²) in [7, 11) is 1.77. The number of rotatable bonds is 6. The molecule has 0 radical (unpaired) electrons. The second-order valence-electron chi connectivity index (χ2n) is 7.80. The van der Waals surface area contributed by atoms with E-state index in [9.17, 15) is 9.59 Å². The maximum atomic E-state index is 12.8. The van der Waals surface area contributed by atoms with Crippen molar-refractivity contribution in [2.24, 2.45) is 0 Å². The van der Waals surface area contributed by atoms with Crippen LogP contribution in [0.4, 0.5) is 10.8 Å². The van der Waals surface area contributed by atoms with Crippen molar-refractivity contribution in [1.82, 2.24) is 4.98 Å². The standard InChI is InChI=1S/C27H21N3O3S/c1-30(20-7-3-2-4-8-20)26(32)19-13-11-18(12-14-19)15-21-16-28-27(34-21)29-25(31)23-17-33-24-10-6-5-9-22(23)24/h2-14,16-17H,15H2,1H3,(H,28,29,31). The Balaban J connectivity index is 1.23. The maximum absolute atomic E-state index is 12.8. The highest BCUT2D eigenvalue weighted by Gasteiger charge is 2.16. The van der Waals surface area contributed by atoms with Crippen LogP contribution in [0.3, 0.4) is 0 Å². The Bertz CT molecular complexity index is 1460. The van der Waals surface area contributed by atoms with Crippen molar-refractivity contribution in [2.45, 2.75) is 6.42 Å². The van der Waals surface area contributed by atoms with Crippen LogP contribution in [0.5, 0.6) is 0 Å². The number of anilines is 2. The van der Waals surface area contributed by atoms with Crippen LogP contribution in [0.1, 0.15) is 31.2 Å². The van der Waals surface area contributed by atoms with E-state index in [4.69, 9.17) is 4.42 Å². The lowest BCUT2D eigenvalue weighted by molar-refractivity contribution is 0.0991. The number of nitrogens with zero attached hydrogens (tertiary/aromatic N) is 2. The molecule has 2 amide bonds. The third kappa shape index (κ3) is 4.46. The molecule has 3 aromatic carbocycles. The molecule has 0 aliphatic heterocycles. The zero-order valence-electron chi connectivity index (χ0n) is 18.4. The summed E-state index contributed by atoms with van der Waals surface area (Å²) in [5, 5.41) is 4.15. The molecule has 0 atom stereocenters. The number of amides is 2. The van der Waals surface area contributed by atoms with Crippen LogP contribution in [0.15, 0.2) is 95.7 Å². The van der Waals surface area contributed by atoms with E-state index in [1.807, 2.05) is 78.9 Å². The molecule has 1 N–H and O–H groups in total. The van der Waals surface area contributed by atoms with Crippen LogP contribution >= 0.6 is 11.3 Å². The molecule has 2 aromatic heterocycles. The van der Waals surface area contributed by atoms with Crippen LogP contribution < -0.4 is 10.2 Å². The van der Waals surface area contributed by atoms with Gasteiger partial charge in [0.05, 0.1) is 5.56 Å². The summed E-state index contributed by atoms with van der Waals surface area (Å²) in [4.78, 5) is 32.4. The zero-order valence-corrected chi connectivity index (χ0v) is 19.2. The number of furan rings is 1. The number of fused-ring (bicyclic) bond motifs is 1. The number of carbonyl (C=O) groups is 2. The highest BCUT2D eigenvalue weighted by atomic mass is 32.1. The molecular formula is C27H21N3O3S. The molecule has 0 aliphatic rings. The molecule has 34 heavy (non-hydrogen) atoms. The number of benzene rings is 3. The van der Waals surface area contributed by atoms with Crippen LogP contribution in [0.2, 0.25) is 0 Å². The summed E-state index contributed by atoms with van der Waals surface area (Å²) >= 11 is 1.42. The molecule has 0 unspecified atom stereocenters. The molecular weight excluding hydrogens is 446 g/mol. The Morgan fingerprint density at radius 2 is 1.71 bits per heavy atom. The number of thiazole rings is 1. The summed E-state index contributed by atoms with van der Waals surface area (Å²) in [6, 6.07) is 24.5. The summed E-state index contributed by atoms with van der Waals surface area (Å²) in [6.07, 6.45) is 3.88. The number of carbonyl (C=O) groups excluding carboxylic acids is 2. The first-order valence-corrected chi connectivity index (χ1v) is 11.5. The van der Waals surface area contributed by atoms with Gasteiger partial charge in [-0.1, -0.05) is 48.5 Å². The number of aromatic nitrogens is 1. The van der Waals surface area contributed by atoms with Crippen molar-refractivity contribution >= 4 is 44.9 Å². The van der Waals surface area contributed by atoms with E-state index in [2.05, 4.69) is 10.3 Å². The zero-order chi connectivity index (χ0) is 23.5. The average molecular weight is 468 g/mol. The van der Waals surface area contributed by atoms with Gasteiger partial charge in [-0.2, -0.15) is 0 Å². The van der Waals surface area contributed by atoms with Crippen molar-refractivity contribution in [3.8, 4) is 0 Å². The summed E-state index contributed by atoms with van der Waals surface area (Å²) in [5.41, 5.74) is 3.68. The van der Waals surface area contributed by atoms with Gasteiger partial charge in [0.25, 0.3) is 11.8 Å². The normalized spacial score (nSPS) is 10.9. The molecule has 2 heterocycles. The SMILES string of the molecule is CN(C(=O)c1ccc(Cc2cnc(NC(=O)c3coc4ccccc34)s2)cc1)c1ccccc1. The van der Waals surface area contributed by atoms with Gasteiger partial charge in [0.1, 0.15) is 11.8 Å². The van der Waals surface area contributed by atoms with Crippen molar-refractivity contribution in [1.29, 1.82) is 0 Å². The van der Waals surface area contributed by atoms with E-state index in [-0.39, 0.29) is 11.8 Å². The van der Waals surface area contributed by atoms with Crippen molar-refractivity contribution in [3.63, 3.8) is 0 Å². The average Bonchev–Trinajstić information content (AvgIpc) is 3.51. The first-order chi connectivity index (χ1) is 16.6. The predicted octanol–water partition coefficient (Wildman–Crippen LogP) is 6.01. The molecule has 0 bridgehead atoms. The Morgan fingerprint density at radius 1 is 0.971 bits per heavy atom. The van der Waals surface area contributed by atoms with Gasteiger partial charge < -0.3 is 9.32 Å². The molecule has 6 nitrogen and oxygen atoms in total. The number of nitrogens with one attached hydrogen (secondary N) is 1. The minimum Gasteiger partial charge on any atom is -0.463 e. The van der Waals surface area contributed by atoms with Crippen LogP contribution in [-0.4, -0.2) is 23.8 Å². The van der Waals surface area contributed by atoms with E-state index in [1.54, 1.807) is 18.1 Å².